The first-order chi connectivity index (χ1) is 24.6. The second-order valence-electron chi connectivity index (χ2n) is 17.8. The predicted octanol–water partition coefficient (Wildman–Crippen LogP) is 9.14. The molecule has 4 aliphatic rings. The molecule has 2 atom stereocenters. The van der Waals surface area contributed by atoms with E-state index in [-0.39, 0.29) is 34.5 Å². The van der Waals surface area contributed by atoms with Gasteiger partial charge in [-0.15, -0.1) is 0 Å². The molecule has 4 saturated carbocycles. The number of ether oxygens (including phenoxy) is 1. The molecule has 52 heavy (non-hydrogen) atoms. The van der Waals surface area contributed by atoms with Gasteiger partial charge in [0.15, 0.2) is 8.32 Å². The van der Waals surface area contributed by atoms with E-state index in [2.05, 4.69) is 87.1 Å². The lowest BCUT2D eigenvalue weighted by Crippen LogP contribution is -2.60. The number of carbonyl (C=O) groups excluding carboxylic acids is 2. The zero-order chi connectivity index (χ0) is 37.1. The Labute approximate surface area is 313 Å². The number of carbonyl (C=O) groups is 2. The van der Waals surface area contributed by atoms with Crippen LogP contribution in [0.2, 0.25) is 18.1 Å². The van der Waals surface area contributed by atoms with Crippen molar-refractivity contribution in [2.45, 2.75) is 128 Å². The molecule has 4 bridgehead atoms. The van der Waals surface area contributed by atoms with Crippen molar-refractivity contribution < 1.29 is 18.8 Å². The summed E-state index contributed by atoms with van der Waals surface area (Å²) in [4.78, 5) is 25.6. The Morgan fingerprint density at radius 2 is 1.50 bits per heavy atom. The molecule has 3 N–H and O–H groups in total. The van der Waals surface area contributed by atoms with E-state index in [1.807, 2.05) is 42.5 Å². The minimum atomic E-state index is -2.17. The maximum Gasteiger partial charge on any atom is 0.224 e. The summed E-state index contributed by atoms with van der Waals surface area (Å²) >= 11 is 0. The van der Waals surface area contributed by atoms with Gasteiger partial charge in [0.05, 0.1) is 18.2 Å². The summed E-state index contributed by atoms with van der Waals surface area (Å²) in [6.07, 6.45) is 8.70. The molecule has 4 fully saturated rings. The normalized spacial score (nSPS) is 23.6. The summed E-state index contributed by atoms with van der Waals surface area (Å²) in [5.74, 6) is 3.09. The third kappa shape index (κ3) is 9.74. The molecule has 7 nitrogen and oxygen atoms in total. The molecule has 0 heterocycles. The molecule has 0 radical (unpaired) electrons. The maximum absolute atomic E-state index is 13.4. The van der Waals surface area contributed by atoms with Crippen molar-refractivity contribution in [2.24, 2.45) is 17.8 Å². The van der Waals surface area contributed by atoms with E-state index in [0.717, 1.165) is 40.9 Å². The Morgan fingerprint density at radius 1 is 0.865 bits per heavy atom. The van der Waals surface area contributed by atoms with E-state index in [4.69, 9.17) is 9.16 Å². The van der Waals surface area contributed by atoms with E-state index >= 15 is 0 Å². The minimum Gasteiger partial charge on any atom is -0.487 e. The average Bonchev–Trinajstić information content (AvgIpc) is 3.05. The lowest BCUT2D eigenvalue weighted by atomic mass is 9.53. The minimum absolute atomic E-state index is 0.0263. The van der Waals surface area contributed by atoms with Crippen LogP contribution in [-0.2, 0) is 33.5 Å². The van der Waals surface area contributed by atoms with Crippen molar-refractivity contribution in [3.63, 3.8) is 0 Å². The van der Waals surface area contributed by atoms with Crippen molar-refractivity contribution in [2.75, 3.05) is 11.9 Å². The standard InChI is InChI=1S/C44H61N3O4Si/c1-30(18-33-14-11-15-34(19-33)23-42(49)47-44-25-35-20-36(26-44)22-37(21-35)27-44)45-28-41(51-52(6,7)43(3,4)5)38-16-17-40(39(24-38)46-31(2)48)50-29-32-12-9-8-10-13-32/h8-17,19,24,30,35-37,41,45H,18,20-23,25-29H2,1-7H3,(H,46,48)(H,47,49)/t30-,35?,36?,37?,41+,44?/m1/s1. The summed E-state index contributed by atoms with van der Waals surface area (Å²) in [5, 5.41) is 10.3. The number of amides is 2. The summed E-state index contributed by atoms with van der Waals surface area (Å²) in [5.41, 5.74) is 5.03. The summed E-state index contributed by atoms with van der Waals surface area (Å²) in [7, 11) is -2.17. The molecule has 3 aromatic rings. The summed E-state index contributed by atoms with van der Waals surface area (Å²) in [6, 6.07) is 24.7. The second kappa shape index (κ2) is 15.9. The van der Waals surface area contributed by atoms with Crippen molar-refractivity contribution in [3.8, 4) is 5.75 Å². The second-order valence-corrected chi connectivity index (χ2v) is 22.6. The van der Waals surface area contributed by atoms with Crippen molar-refractivity contribution in [3.05, 3.63) is 95.1 Å². The number of hydrogen-bond donors (Lipinski definition) is 3. The highest BCUT2D eigenvalue weighted by Crippen LogP contribution is 2.55. The van der Waals surface area contributed by atoms with E-state index in [0.29, 0.717) is 31.0 Å². The zero-order valence-corrected chi connectivity index (χ0v) is 33.5. The topological polar surface area (TPSA) is 88.7 Å². The number of rotatable bonds is 15. The molecule has 2 amide bonds. The van der Waals surface area contributed by atoms with Crippen LogP contribution in [0, 0.1) is 17.8 Å². The molecule has 7 rings (SSSR count). The van der Waals surface area contributed by atoms with E-state index < -0.39 is 8.32 Å². The van der Waals surface area contributed by atoms with Crippen LogP contribution in [0.3, 0.4) is 0 Å². The number of nitrogens with one attached hydrogen (secondary N) is 3. The van der Waals surface area contributed by atoms with Gasteiger partial charge in [0.2, 0.25) is 11.8 Å². The van der Waals surface area contributed by atoms with Gasteiger partial charge in [-0.3, -0.25) is 9.59 Å². The van der Waals surface area contributed by atoms with Gasteiger partial charge in [-0.2, -0.15) is 0 Å². The first-order valence-corrected chi connectivity index (χ1v) is 22.4. The number of benzene rings is 3. The van der Waals surface area contributed by atoms with Gasteiger partial charge in [-0.25, -0.2) is 0 Å². The quantitative estimate of drug-likeness (QED) is 0.136. The number of anilines is 1. The van der Waals surface area contributed by atoms with Gasteiger partial charge in [-0.1, -0.05) is 81.4 Å². The van der Waals surface area contributed by atoms with Gasteiger partial charge < -0.3 is 25.1 Å². The monoisotopic (exact) mass is 723 g/mol. The van der Waals surface area contributed by atoms with Crippen molar-refractivity contribution in [1.29, 1.82) is 0 Å². The van der Waals surface area contributed by atoms with Gasteiger partial charge in [0, 0.05) is 25.0 Å². The molecule has 8 heteroatoms. The molecule has 0 saturated heterocycles. The molecule has 0 aliphatic heterocycles. The van der Waals surface area contributed by atoms with Gasteiger partial charge in [0.1, 0.15) is 12.4 Å². The van der Waals surface area contributed by atoms with Crippen LogP contribution < -0.4 is 20.7 Å². The first-order valence-electron chi connectivity index (χ1n) is 19.5. The molecule has 280 valence electrons. The molecule has 0 spiro atoms. The van der Waals surface area contributed by atoms with E-state index in [1.54, 1.807) is 0 Å². The molecular weight excluding hydrogens is 663 g/mol. The van der Waals surface area contributed by atoms with Crippen LogP contribution in [0.15, 0.2) is 72.8 Å². The van der Waals surface area contributed by atoms with Crippen molar-refractivity contribution in [1.82, 2.24) is 10.6 Å². The maximum atomic E-state index is 13.4. The van der Waals surface area contributed by atoms with Gasteiger partial charge in [0.25, 0.3) is 0 Å². The molecular formula is C44H61N3O4Si. The fraction of sp³-hybridized carbons (Fsp3) is 0.545. The van der Waals surface area contributed by atoms with Crippen LogP contribution in [0.5, 0.6) is 5.75 Å². The van der Waals surface area contributed by atoms with Crippen LogP contribution in [-0.4, -0.2) is 38.3 Å². The third-order valence-electron chi connectivity index (χ3n) is 12.2. The molecule has 0 unspecified atom stereocenters. The highest BCUT2D eigenvalue weighted by Gasteiger charge is 2.51. The predicted molar refractivity (Wildman–Crippen MR) is 213 cm³/mol. The fourth-order valence-corrected chi connectivity index (χ4v) is 10.3. The molecule has 3 aromatic carbocycles. The summed E-state index contributed by atoms with van der Waals surface area (Å²) in [6.45, 7) is 16.1. The lowest BCUT2D eigenvalue weighted by Gasteiger charge is -2.56. The zero-order valence-electron chi connectivity index (χ0n) is 32.5. The smallest absolute Gasteiger partial charge is 0.224 e. The van der Waals surface area contributed by atoms with Crippen LogP contribution >= 0.6 is 0 Å². The first kappa shape index (κ1) is 38.3. The van der Waals surface area contributed by atoms with E-state index in [9.17, 15) is 9.59 Å². The number of hydrogen-bond acceptors (Lipinski definition) is 5. The third-order valence-corrected chi connectivity index (χ3v) is 16.6. The largest absolute Gasteiger partial charge is 0.487 e. The highest BCUT2D eigenvalue weighted by atomic mass is 28.4. The Bertz CT molecular complexity index is 1670. The highest BCUT2D eigenvalue weighted by molar-refractivity contribution is 6.74. The van der Waals surface area contributed by atoms with Crippen LogP contribution in [0.25, 0.3) is 0 Å². The summed E-state index contributed by atoms with van der Waals surface area (Å²) < 4.78 is 13.2. The van der Waals surface area contributed by atoms with Crippen LogP contribution in [0.4, 0.5) is 5.69 Å². The molecule has 0 aromatic heterocycles. The van der Waals surface area contributed by atoms with Gasteiger partial charge >= 0.3 is 0 Å². The Balaban J connectivity index is 1.11. The van der Waals surface area contributed by atoms with E-state index in [1.165, 1.54) is 51.0 Å². The average molecular weight is 724 g/mol. The molecule has 4 aliphatic carbocycles. The van der Waals surface area contributed by atoms with Crippen LogP contribution in [0.1, 0.15) is 102 Å². The fourth-order valence-electron chi connectivity index (χ4n) is 9.05. The lowest BCUT2D eigenvalue weighted by molar-refractivity contribution is -0.126. The SMILES string of the molecule is CC(=O)Nc1cc([C@H](CN[C@H](C)Cc2cccc(CC(=O)NC34CC5CC(CC(C5)C3)C4)c2)O[Si](C)(C)C(C)(C)C)ccc1OCc1ccccc1. The Morgan fingerprint density at radius 3 is 2.13 bits per heavy atom. The Hall–Kier alpha value is -3.46. The van der Waals surface area contributed by atoms with Gasteiger partial charge in [-0.05, 0) is 122 Å². The Kier molecular flexibility index (Phi) is 11.7. The van der Waals surface area contributed by atoms with Crippen molar-refractivity contribution >= 4 is 25.8 Å².